The molecule has 140 valence electrons. The van der Waals surface area contributed by atoms with Crippen LogP contribution in [0.2, 0.25) is 0 Å². The number of sulfone groups is 1. The van der Waals surface area contributed by atoms with Crippen molar-refractivity contribution in [1.82, 2.24) is 9.62 Å². The molecular weight excluding hydrogens is 368 g/mol. The molecule has 0 radical (unpaired) electrons. The summed E-state index contributed by atoms with van der Waals surface area (Å²) in [6.45, 7) is 2.21. The van der Waals surface area contributed by atoms with Crippen molar-refractivity contribution in [3.8, 4) is 0 Å². The molecule has 1 saturated carbocycles. The third kappa shape index (κ3) is 4.06. The van der Waals surface area contributed by atoms with Crippen molar-refractivity contribution in [1.29, 1.82) is 0 Å². The van der Waals surface area contributed by atoms with Gasteiger partial charge in [0.05, 0.1) is 0 Å². The normalized spacial score (nSPS) is 20.5. The van der Waals surface area contributed by atoms with Crippen molar-refractivity contribution >= 4 is 25.8 Å². The van der Waals surface area contributed by atoms with Gasteiger partial charge in [0.15, 0.2) is 9.84 Å². The van der Waals surface area contributed by atoms with Gasteiger partial charge in [0.1, 0.15) is 16.8 Å². The molecule has 1 amide bonds. The van der Waals surface area contributed by atoms with Crippen LogP contribution in [-0.4, -0.2) is 51.4 Å². The van der Waals surface area contributed by atoms with Crippen LogP contribution in [0.4, 0.5) is 0 Å². The highest BCUT2D eigenvalue weighted by Gasteiger charge is 2.34. The van der Waals surface area contributed by atoms with Gasteiger partial charge in [-0.3, -0.25) is 4.79 Å². The Kier molecular flexibility index (Phi) is 4.95. The van der Waals surface area contributed by atoms with Gasteiger partial charge in [0.2, 0.25) is 11.0 Å². The Morgan fingerprint density at radius 2 is 1.88 bits per heavy atom. The molecule has 2 aliphatic rings. The Morgan fingerprint density at radius 3 is 2.48 bits per heavy atom. The molecular formula is C15H22N2O6S2. The van der Waals surface area contributed by atoms with Crippen LogP contribution in [0.25, 0.3) is 0 Å². The molecule has 25 heavy (non-hydrogen) atoms. The van der Waals surface area contributed by atoms with Crippen molar-refractivity contribution in [2.45, 2.75) is 54.7 Å². The highest BCUT2D eigenvalue weighted by Crippen LogP contribution is 2.24. The molecule has 2 fully saturated rings. The maximum atomic E-state index is 12.4. The molecule has 1 aliphatic carbocycles. The second-order valence-electron chi connectivity index (χ2n) is 6.56. The highest BCUT2D eigenvalue weighted by atomic mass is 32.2. The molecule has 3 rings (SSSR count). The lowest BCUT2D eigenvalue weighted by molar-refractivity contribution is -0.120. The number of nitrogens with one attached hydrogen (secondary N) is 1. The number of carbonyl (C=O) groups excluding carboxylic acids is 1. The van der Waals surface area contributed by atoms with Crippen LogP contribution in [0.1, 0.15) is 38.4 Å². The fourth-order valence-electron chi connectivity index (χ4n) is 2.66. The molecule has 1 aromatic rings. The van der Waals surface area contributed by atoms with Gasteiger partial charge in [-0.25, -0.2) is 16.8 Å². The average molecular weight is 390 g/mol. The SMILES string of the molecule is C[C@H](C(=O)NC1CC1)S(=O)(=O)Cc1ccc(S(=O)(=O)N2CCCC2)o1. The molecule has 2 heterocycles. The first-order chi connectivity index (χ1) is 11.7. The predicted octanol–water partition coefficient (Wildman–Crippen LogP) is 0.646. The minimum Gasteiger partial charge on any atom is -0.447 e. The molecule has 0 aromatic carbocycles. The summed E-state index contributed by atoms with van der Waals surface area (Å²) in [5.41, 5.74) is 0. The summed E-state index contributed by atoms with van der Waals surface area (Å²) >= 11 is 0. The van der Waals surface area contributed by atoms with Gasteiger partial charge < -0.3 is 9.73 Å². The van der Waals surface area contributed by atoms with Crippen LogP contribution in [0.5, 0.6) is 0 Å². The fourth-order valence-corrected chi connectivity index (χ4v) is 5.30. The lowest BCUT2D eigenvalue weighted by Crippen LogP contribution is -2.39. The van der Waals surface area contributed by atoms with E-state index in [9.17, 15) is 21.6 Å². The molecule has 1 N–H and O–H groups in total. The summed E-state index contributed by atoms with van der Waals surface area (Å²) < 4.78 is 56.2. The quantitative estimate of drug-likeness (QED) is 0.731. The van der Waals surface area contributed by atoms with Crippen LogP contribution >= 0.6 is 0 Å². The van der Waals surface area contributed by atoms with E-state index in [0.29, 0.717) is 13.1 Å². The summed E-state index contributed by atoms with van der Waals surface area (Å²) in [4.78, 5) is 11.9. The van der Waals surface area contributed by atoms with Gasteiger partial charge in [-0.1, -0.05) is 0 Å². The largest absolute Gasteiger partial charge is 0.447 e. The number of nitrogens with zero attached hydrogens (tertiary/aromatic N) is 1. The Balaban J connectivity index is 1.70. The van der Waals surface area contributed by atoms with E-state index in [1.807, 2.05) is 0 Å². The lowest BCUT2D eigenvalue weighted by atomic mass is 10.4. The number of hydrogen-bond donors (Lipinski definition) is 1. The fraction of sp³-hybridized carbons (Fsp3) is 0.667. The van der Waals surface area contributed by atoms with E-state index in [4.69, 9.17) is 4.42 Å². The monoisotopic (exact) mass is 390 g/mol. The van der Waals surface area contributed by atoms with Gasteiger partial charge >= 0.3 is 0 Å². The van der Waals surface area contributed by atoms with E-state index in [-0.39, 0.29) is 16.9 Å². The zero-order valence-corrected chi connectivity index (χ0v) is 15.6. The number of furan rings is 1. The summed E-state index contributed by atoms with van der Waals surface area (Å²) in [6.07, 6.45) is 3.34. The van der Waals surface area contributed by atoms with Gasteiger partial charge in [-0.15, -0.1) is 0 Å². The average Bonchev–Trinajstić information content (AvgIpc) is 3.04. The minimum atomic E-state index is -3.80. The van der Waals surface area contributed by atoms with Crippen molar-refractivity contribution in [3.05, 3.63) is 17.9 Å². The number of carbonyl (C=O) groups is 1. The van der Waals surface area contributed by atoms with Crippen LogP contribution in [0.15, 0.2) is 21.6 Å². The first kappa shape index (κ1) is 18.4. The van der Waals surface area contributed by atoms with E-state index in [2.05, 4.69) is 5.32 Å². The van der Waals surface area contributed by atoms with E-state index >= 15 is 0 Å². The Hall–Kier alpha value is -1.39. The molecule has 1 aromatic heterocycles. The molecule has 1 saturated heterocycles. The zero-order valence-electron chi connectivity index (χ0n) is 14.0. The summed E-state index contributed by atoms with van der Waals surface area (Å²) in [5, 5.41) is 1.19. The van der Waals surface area contributed by atoms with E-state index in [1.54, 1.807) is 0 Å². The van der Waals surface area contributed by atoms with Gasteiger partial charge in [0.25, 0.3) is 10.0 Å². The number of rotatable bonds is 7. The van der Waals surface area contributed by atoms with Gasteiger partial charge in [-0.05, 0) is 44.7 Å². The third-order valence-electron chi connectivity index (χ3n) is 4.47. The van der Waals surface area contributed by atoms with Gasteiger partial charge in [-0.2, -0.15) is 4.31 Å². The smallest absolute Gasteiger partial charge is 0.276 e. The molecule has 8 nitrogen and oxygen atoms in total. The van der Waals surface area contributed by atoms with Crippen molar-refractivity contribution in [2.24, 2.45) is 0 Å². The predicted molar refractivity (Wildman–Crippen MR) is 90.0 cm³/mol. The van der Waals surface area contributed by atoms with Crippen LogP contribution in [0.3, 0.4) is 0 Å². The molecule has 1 aliphatic heterocycles. The van der Waals surface area contributed by atoms with Crippen LogP contribution < -0.4 is 5.32 Å². The third-order valence-corrected chi connectivity index (χ3v) is 8.22. The maximum absolute atomic E-state index is 12.4. The molecule has 10 heteroatoms. The summed E-state index contributed by atoms with van der Waals surface area (Å²) in [6, 6.07) is 2.69. The molecule has 0 bridgehead atoms. The molecule has 0 unspecified atom stereocenters. The van der Waals surface area contributed by atoms with Gasteiger partial charge in [0, 0.05) is 19.1 Å². The second-order valence-corrected chi connectivity index (χ2v) is 10.8. The van der Waals surface area contributed by atoms with Crippen molar-refractivity contribution < 1.29 is 26.0 Å². The highest BCUT2D eigenvalue weighted by molar-refractivity contribution is 7.92. The van der Waals surface area contributed by atoms with Crippen LogP contribution in [-0.2, 0) is 30.4 Å². The Morgan fingerprint density at radius 1 is 1.24 bits per heavy atom. The van der Waals surface area contributed by atoms with E-state index in [0.717, 1.165) is 25.7 Å². The lowest BCUT2D eigenvalue weighted by Gasteiger charge is -2.13. The Labute approximate surface area is 147 Å². The standard InChI is InChI=1S/C15H22N2O6S2/c1-11(15(18)16-12-4-5-12)24(19,20)10-13-6-7-14(23-13)25(21,22)17-8-2-3-9-17/h6-7,11-12H,2-5,8-10H2,1H3,(H,16,18)/t11-/m1/s1. The molecule has 1 atom stereocenters. The molecule has 0 spiro atoms. The van der Waals surface area contributed by atoms with E-state index < -0.39 is 36.8 Å². The second kappa shape index (κ2) is 6.73. The topological polar surface area (TPSA) is 114 Å². The summed E-state index contributed by atoms with van der Waals surface area (Å²) in [5.74, 6) is -1.02. The van der Waals surface area contributed by atoms with Crippen molar-refractivity contribution in [3.63, 3.8) is 0 Å². The number of sulfonamides is 1. The number of amides is 1. The minimum absolute atomic E-state index is 0.0174. The van der Waals surface area contributed by atoms with E-state index in [1.165, 1.54) is 23.4 Å². The Bertz CT molecular complexity index is 848. The summed E-state index contributed by atoms with van der Waals surface area (Å²) in [7, 11) is -7.52. The maximum Gasteiger partial charge on any atom is 0.276 e. The first-order valence-corrected chi connectivity index (χ1v) is 11.5. The first-order valence-electron chi connectivity index (χ1n) is 8.31. The van der Waals surface area contributed by atoms with Crippen LogP contribution in [0, 0.1) is 0 Å². The van der Waals surface area contributed by atoms with Crippen molar-refractivity contribution in [2.75, 3.05) is 13.1 Å². The number of hydrogen-bond acceptors (Lipinski definition) is 6. The zero-order chi connectivity index (χ0) is 18.2.